The van der Waals surface area contributed by atoms with Crippen LogP contribution in [0.15, 0.2) is 0 Å². The van der Waals surface area contributed by atoms with Crippen molar-refractivity contribution in [3.63, 3.8) is 0 Å². The minimum Gasteiger partial charge on any atom is -0.367 e. The van der Waals surface area contributed by atoms with E-state index in [9.17, 15) is 9.59 Å². The Hall–Kier alpha value is -2.12. The fraction of sp³-hybridized carbons (Fsp3) is 0.600. The smallest absolute Gasteiger partial charge is 0.243 e. The lowest BCUT2D eigenvalue weighted by atomic mass is 10.0. The van der Waals surface area contributed by atoms with Gasteiger partial charge < -0.3 is 16.4 Å². The van der Waals surface area contributed by atoms with Gasteiger partial charge in [-0.25, -0.2) is 0 Å². The summed E-state index contributed by atoms with van der Waals surface area (Å²) < 4.78 is 0. The van der Waals surface area contributed by atoms with E-state index in [2.05, 4.69) is 25.8 Å². The second-order valence-electron chi connectivity index (χ2n) is 4.28. The van der Waals surface area contributed by atoms with Gasteiger partial charge in [-0.15, -0.1) is 5.10 Å². The topological polar surface area (TPSA) is 126 Å². The molecule has 0 aromatic carbocycles. The summed E-state index contributed by atoms with van der Waals surface area (Å²) >= 11 is 0. The van der Waals surface area contributed by atoms with Crippen molar-refractivity contribution < 1.29 is 9.59 Å². The molecular formula is C10H18N6O2. The fourth-order valence-corrected chi connectivity index (χ4v) is 1.42. The van der Waals surface area contributed by atoms with Gasteiger partial charge in [-0.05, 0) is 5.92 Å². The van der Waals surface area contributed by atoms with E-state index < -0.39 is 6.04 Å². The highest BCUT2D eigenvalue weighted by Crippen LogP contribution is 2.02. The van der Waals surface area contributed by atoms with E-state index in [1.54, 1.807) is 0 Å². The number of carbonyl (C=O) groups is 2. The Balaban J connectivity index is 2.53. The van der Waals surface area contributed by atoms with Crippen LogP contribution in [-0.4, -0.2) is 33.0 Å². The summed E-state index contributed by atoms with van der Waals surface area (Å²) in [5.74, 6) is 0.0735. The van der Waals surface area contributed by atoms with Gasteiger partial charge in [0.1, 0.15) is 11.9 Å². The van der Waals surface area contributed by atoms with Gasteiger partial charge in [0.15, 0.2) is 0 Å². The number of nitrogens with zero attached hydrogens (tertiary/aromatic N) is 2. The summed E-state index contributed by atoms with van der Waals surface area (Å²) in [6.45, 7) is 5.27. The molecule has 1 atom stereocenters. The van der Waals surface area contributed by atoms with E-state index in [0.29, 0.717) is 5.82 Å². The zero-order valence-corrected chi connectivity index (χ0v) is 10.7. The van der Waals surface area contributed by atoms with Gasteiger partial charge in [0.25, 0.3) is 0 Å². The van der Waals surface area contributed by atoms with Crippen molar-refractivity contribution in [3.8, 4) is 0 Å². The number of nitrogens with two attached hydrogens (primary N) is 1. The summed E-state index contributed by atoms with van der Waals surface area (Å²) in [6.07, 6.45) is 0. The molecule has 18 heavy (non-hydrogen) atoms. The van der Waals surface area contributed by atoms with Crippen molar-refractivity contribution in [1.29, 1.82) is 0 Å². The van der Waals surface area contributed by atoms with E-state index in [0.717, 1.165) is 0 Å². The first-order valence-corrected chi connectivity index (χ1v) is 5.61. The first-order chi connectivity index (χ1) is 8.40. The van der Waals surface area contributed by atoms with Crippen LogP contribution in [0.1, 0.15) is 26.6 Å². The van der Waals surface area contributed by atoms with E-state index in [1.165, 1.54) is 6.92 Å². The van der Waals surface area contributed by atoms with Crippen LogP contribution in [0.2, 0.25) is 0 Å². The first-order valence-electron chi connectivity index (χ1n) is 5.61. The molecule has 1 aromatic heterocycles. The monoisotopic (exact) mass is 254 g/mol. The highest BCUT2D eigenvalue weighted by molar-refractivity contribution is 5.86. The quantitative estimate of drug-likeness (QED) is 0.545. The Morgan fingerprint density at radius 1 is 1.44 bits per heavy atom. The minimum atomic E-state index is -0.567. The lowest BCUT2D eigenvalue weighted by Gasteiger charge is -2.20. The number of aromatic amines is 1. The van der Waals surface area contributed by atoms with E-state index >= 15 is 0 Å². The maximum Gasteiger partial charge on any atom is 0.243 e. The number of rotatable bonds is 5. The van der Waals surface area contributed by atoms with Gasteiger partial charge in [-0.2, -0.15) is 4.98 Å². The Morgan fingerprint density at radius 3 is 2.56 bits per heavy atom. The van der Waals surface area contributed by atoms with Gasteiger partial charge in [-0.1, -0.05) is 13.8 Å². The zero-order chi connectivity index (χ0) is 13.7. The predicted octanol–water partition coefficient (Wildman–Crippen LogP) is -0.836. The van der Waals surface area contributed by atoms with Crippen LogP contribution in [0.5, 0.6) is 0 Å². The van der Waals surface area contributed by atoms with Gasteiger partial charge in [0, 0.05) is 6.92 Å². The van der Waals surface area contributed by atoms with E-state index in [4.69, 9.17) is 5.73 Å². The molecule has 0 spiro atoms. The molecule has 0 bridgehead atoms. The lowest BCUT2D eigenvalue weighted by molar-refractivity contribution is -0.129. The van der Waals surface area contributed by atoms with Crippen LogP contribution in [0.3, 0.4) is 0 Å². The molecule has 1 rings (SSSR count). The molecule has 0 saturated heterocycles. The van der Waals surface area contributed by atoms with E-state index in [-0.39, 0.29) is 30.2 Å². The van der Waals surface area contributed by atoms with Crippen LogP contribution in [0, 0.1) is 5.92 Å². The zero-order valence-electron chi connectivity index (χ0n) is 10.7. The third-order valence-corrected chi connectivity index (χ3v) is 2.29. The van der Waals surface area contributed by atoms with E-state index in [1.807, 2.05) is 13.8 Å². The summed E-state index contributed by atoms with van der Waals surface area (Å²) in [5.41, 5.74) is 5.34. The highest BCUT2D eigenvalue weighted by Gasteiger charge is 2.22. The molecule has 8 nitrogen and oxygen atoms in total. The average molecular weight is 254 g/mol. The summed E-state index contributed by atoms with van der Waals surface area (Å²) in [7, 11) is 0. The number of nitrogens with one attached hydrogen (secondary N) is 3. The molecule has 0 unspecified atom stereocenters. The second kappa shape index (κ2) is 5.99. The normalized spacial score (nSPS) is 12.2. The van der Waals surface area contributed by atoms with Gasteiger partial charge in [0.2, 0.25) is 17.8 Å². The third kappa shape index (κ3) is 4.04. The average Bonchev–Trinajstić information content (AvgIpc) is 2.68. The Kier molecular flexibility index (Phi) is 4.64. The molecule has 8 heteroatoms. The predicted molar refractivity (Wildman–Crippen MR) is 65.1 cm³/mol. The van der Waals surface area contributed by atoms with Crippen LogP contribution in [0.25, 0.3) is 0 Å². The van der Waals surface area contributed by atoms with Crippen LogP contribution in [-0.2, 0) is 16.1 Å². The minimum absolute atomic E-state index is 0.00584. The second-order valence-corrected chi connectivity index (χ2v) is 4.28. The van der Waals surface area contributed by atoms with Gasteiger partial charge >= 0.3 is 0 Å². The lowest BCUT2D eigenvalue weighted by Crippen LogP contribution is -2.48. The van der Waals surface area contributed by atoms with Crippen molar-refractivity contribution in [1.82, 2.24) is 25.8 Å². The molecule has 2 amide bonds. The Bertz CT molecular complexity index is 428. The molecule has 100 valence electrons. The molecule has 1 heterocycles. The molecule has 0 aliphatic carbocycles. The number of aromatic nitrogens is 3. The molecule has 0 fully saturated rings. The van der Waals surface area contributed by atoms with Gasteiger partial charge in [0.05, 0.1) is 6.54 Å². The first kappa shape index (κ1) is 13.9. The van der Waals surface area contributed by atoms with Crippen LogP contribution >= 0.6 is 0 Å². The fourth-order valence-electron chi connectivity index (χ4n) is 1.42. The number of hydrogen-bond donors (Lipinski definition) is 4. The number of hydrogen-bond acceptors (Lipinski definition) is 5. The van der Waals surface area contributed by atoms with Crippen LogP contribution < -0.4 is 16.4 Å². The maximum atomic E-state index is 11.9. The molecule has 0 aliphatic heterocycles. The van der Waals surface area contributed by atoms with Crippen molar-refractivity contribution >= 4 is 17.8 Å². The third-order valence-electron chi connectivity index (χ3n) is 2.29. The Labute approximate surface area is 105 Å². The standard InChI is InChI=1S/C10H18N6O2/c1-5(2)8(13-6(3)17)9(18)12-4-7-14-10(11)16-15-7/h5,8H,4H2,1-3H3,(H,12,18)(H,13,17)(H3,11,14,15,16)/t8-/m0/s1. The summed E-state index contributed by atoms with van der Waals surface area (Å²) in [4.78, 5) is 26.7. The summed E-state index contributed by atoms with van der Waals surface area (Å²) in [6, 6.07) is -0.567. The SMILES string of the molecule is CC(=O)N[C@H](C(=O)NCc1nc(N)n[nH]1)C(C)C. The number of H-pyrrole nitrogens is 1. The van der Waals surface area contributed by atoms with Crippen molar-refractivity contribution in [2.75, 3.05) is 5.73 Å². The molecule has 5 N–H and O–H groups in total. The Morgan fingerprint density at radius 2 is 2.11 bits per heavy atom. The number of nitrogen functional groups attached to an aromatic ring is 1. The van der Waals surface area contributed by atoms with Crippen molar-refractivity contribution in [2.45, 2.75) is 33.4 Å². The summed E-state index contributed by atoms with van der Waals surface area (Å²) in [5, 5.41) is 11.5. The number of carbonyl (C=O) groups excluding carboxylic acids is 2. The largest absolute Gasteiger partial charge is 0.367 e. The van der Waals surface area contributed by atoms with Gasteiger partial charge in [-0.3, -0.25) is 14.7 Å². The van der Waals surface area contributed by atoms with Crippen molar-refractivity contribution in [3.05, 3.63) is 5.82 Å². The molecule has 0 saturated carbocycles. The maximum absolute atomic E-state index is 11.9. The highest BCUT2D eigenvalue weighted by atomic mass is 16.2. The number of anilines is 1. The number of amides is 2. The molecular weight excluding hydrogens is 236 g/mol. The molecule has 1 aromatic rings. The van der Waals surface area contributed by atoms with Crippen molar-refractivity contribution in [2.24, 2.45) is 5.92 Å². The van der Waals surface area contributed by atoms with Crippen LogP contribution in [0.4, 0.5) is 5.95 Å². The molecule has 0 aliphatic rings. The molecule has 0 radical (unpaired) electrons.